The van der Waals surface area contributed by atoms with Crippen LogP contribution in [0.25, 0.3) is 0 Å². The molecule has 0 amide bonds. The molecule has 0 saturated carbocycles. The molecule has 0 aromatic carbocycles. The fourth-order valence-electron chi connectivity index (χ4n) is 0.961. The fourth-order valence-corrected chi connectivity index (χ4v) is 0.961. The lowest BCUT2D eigenvalue weighted by molar-refractivity contribution is -0.137. The van der Waals surface area contributed by atoms with E-state index in [2.05, 4.69) is 15.3 Å². The van der Waals surface area contributed by atoms with Gasteiger partial charge in [0.05, 0.1) is 0 Å². The molecular weight excluding hydrogens is 182 g/mol. The highest BCUT2D eigenvalue weighted by molar-refractivity contribution is 5.76. The fraction of sp³-hybridized carbons (Fsp3) is 0.444. The maximum Gasteiger partial charge on any atom is 0.326 e. The third-order valence-electron chi connectivity index (χ3n) is 1.79. The monoisotopic (exact) mass is 195 g/mol. The largest absolute Gasteiger partial charge is 0.480 e. The van der Waals surface area contributed by atoms with Gasteiger partial charge in [-0.1, -0.05) is 6.92 Å². The Morgan fingerprint density at radius 3 is 2.57 bits per heavy atom. The van der Waals surface area contributed by atoms with Crippen molar-refractivity contribution in [1.29, 1.82) is 0 Å². The Morgan fingerprint density at radius 2 is 2.14 bits per heavy atom. The molecule has 5 heteroatoms. The van der Waals surface area contributed by atoms with Crippen molar-refractivity contribution in [3.63, 3.8) is 0 Å². The van der Waals surface area contributed by atoms with Gasteiger partial charge in [-0.15, -0.1) is 0 Å². The van der Waals surface area contributed by atoms with Crippen LogP contribution in [0.3, 0.4) is 0 Å². The molecule has 0 saturated heterocycles. The summed E-state index contributed by atoms with van der Waals surface area (Å²) in [4.78, 5) is 18.6. The van der Waals surface area contributed by atoms with Gasteiger partial charge in [0.25, 0.3) is 0 Å². The second-order valence-corrected chi connectivity index (χ2v) is 3.03. The molecule has 1 unspecified atom stereocenters. The van der Waals surface area contributed by atoms with Crippen molar-refractivity contribution in [2.24, 2.45) is 0 Å². The maximum atomic E-state index is 10.7. The SMILES string of the molecule is CCC(Nc1ncc(C)cn1)C(=O)O. The van der Waals surface area contributed by atoms with Gasteiger partial charge < -0.3 is 10.4 Å². The van der Waals surface area contributed by atoms with Gasteiger partial charge in [-0.25, -0.2) is 14.8 Å². The molecule has 1 heterocycles. The van der Waals surface area contributed by atoms with E-state index in [1.165, 1.54) is 0 Å². The molecule has 1 aromatic rings. The number of hydrogen-bond acceptors (Lipinski definition) is 4. The topological polar surface area (TPSA) is 75.1 Å². The molecule has 1 aromatic heterocycles. The molecule has 0 aliphatic heterocycles. The Bertz CT molecular complexity index is 310. The first kappa shape index (κ1) is 10.4. The molecule has 0 fully saturated rings. The zero-order chi connectivity index (χ0) is 10.6. The molecule has 5 nitrogen and oxygen atoms in total. The first-order chi connectivity index (χ1) is 6.63. The second-order valence-electron chi connectivity index (χ2n) is 3.03. The van der Waals surface area contributed by atoms with E-state index in [9.17, 15) is 4.79 Å². The normalized spacial score (nSPS) is 12.1. The Labute approximate surface area is 82.2 Å². The van der Waals surface area contributed by atoms with Crippen molar-refractivity contribution < 1.29 is 9.90 Å². The molecule has 76 valence electrons. The van der Waals surface area contributed by atoms with Crippen LogP contribution >= 0.6 is 0 Å². The van der Waals surface area contributed by atoms with Crippen molar-refractivity contribution in [2.75, 3.05) is 5.32 Å². The third-order valence-corrected chi connectivity index (χ3v) is 1.79. The lowest BCUT2D eigenvalue weighted by atomic mass is 10.2. The highest BCUT2D eigenvalue weighted by atomic mass is 16.4. The average molecular weight is 195 g/mol. The lowest BCUT2D eigenvalue weighted by Gasteiger charge is -2.11. The van der Waals surface area contributed by atoms with Gasteiger partial charge in [-0.05, 0) is 18.9 Å². The average Bonchev–Trinajstić information content (AvgIpc) is 2.16. The van der Waals surface area contributed by atoms with Crippen LogP contribution in [-0.2, 0) is 4.79 Å². The predicted octanol–water partition coefficient (Wildman–Crippen LogP) is 1.06. The number of hydrogen-bond donors (Lipinski definition) is 2. The summed E-state index contributed by atoms with van der Waals surface area (Å²) in [6, 6.07) is -0.627. The molecule has 0 bridgehead atoms. The number of nitrogens with zero attached hydrogens (tertiary/aromatic N) is 2. The molecule has 0 radical (unpaired) electrons. The van der Waals surface area contributed by atoms with E-state index in [1.54, 1.807) is 19.3 Å². The van der Waals surface area contributed by atoms with Crippen molar-refractivity contribution in [1.82, 2.24) is 9.97 Å². The minimum absolute atomic E-state index is 0.352. The van der Waals surface area contributed by atoms with Crippen LogP contribution < -0.4 is 5.32 Å². The number of aliphatic carboxylic acids is 1. The van der Waals surface area contributed by atoms with E-state index in [1.807, 2.05) is 6.92 Å². The summed E-state index contributed by atoms with van der Waals surface area (Å²) in [6.07, 6.45) is 3.78. The van der Waals surface area contributed by atoms with E-state index in [0.717, 1.165) is 5.56 Å². The lowest BCUT2D eigenvalue weighted by Crippen LogP contribution is -2.29. The number of carboxylic acid groups (broad SMARTS) is 1. The van der Waals surface area contributed by atoms with E-state index < -0.39 is 12.0 Å². The second kappa shape index (κ2) is 4.55. The molecule has 14 heavy (non-hydrogen) atoms. The van der Waals surface area contributed by atoms with Crippen LogP contribution in [0.1, 0.15) is 18.9 Å². The predicted molar refractivity (Wildman–Crippen MR) is 52.1 cm³/mol. The quantitative estimate of drug-likeness (QED) is 0.751. The Morgan fingerprint density at radius 1 is 1.57 bits per heavy atom. The van der Waals surface area contributed by atoms with E-state index in [-0.39, 0.29) is 0 Å². The van der Waals surface area contributed by atoms with Gasteiger partial charge in [-0.3, -0.25) is 0 Å². The number of carbonyl (C=O) groups is 1. The minimum Gasteiger partial charge on any atom is -0.480 e. The zero-order valence-corrected chi connectivity index (χ0v) is 8.19. The maximum absolute atomic E-state index is 10.7. The van der Waals surface area contributed by atoms with E-state index in [0.29, 0.717) is 12.4 Å². The standard InChI is InChI=1S/C9H13N3O2/c1-3-7(8(13)14)12-9-10-4-6(2)5-11-9/h4-5,7H,3H2,1-2H3,(H,13,14)(H,10,11,12). The summed E-state index contributed by atoms with van der Waals surface area (Å²) in [5.41, 5.74) is 0.943. The molecular formula is C9H13N3O2. The highest BCUT2D eigenvalue weighted by Gasteiger charge is 2.14. The zero-order valence-electron chi connectivity index (χ0n) is 8.19. The molecule has 1 atom stereocenters. The first-order valence-corrected chi connectivity index (χ1v) is 4.41. The molecule has 1 rings (SSSR count). The van der Waals surface area contributed by atoms with Crippen molar-refractivity contribution >= 4 is 11.9 Å². The van der Waals surface area contributed by atoms with Crippen molar-refractivity contribution in [3.8, 4) is 0 Å². The highest BCUT2D eigenvalue weighted by Crippen LogP contribution is 2.03. The smallest absolute Gasteiger partial charge is 0.326 e. The van der Waals surface area contributed by atoms with Crippen LogP contribution in [0.5, 0.6) is 0 Å². The first-order valence-electron chi connectivity index (χ1n) is 4.41. The molecule has 2 N–H and O–H groups in total. The van der Waals surface area contributed by atoms with Crippen LogP contribution in [0.15, 0.2) is 12.4 Å². The Balaban J connectivity index is 2.67. The number of nitrogens with one attached hydrogen (secondary N) is 1. The summed E-state index contributed by atoms with van der Waals surface area (Å²) < 4.78 is 0. The van der Waals surface area contributed by atoms with Gasteiger partial charge in [0.15, 0.2) is 0 Å². The third kappa shape index (κ3) is 2.69. The van der Waals surface area contributed by atoms with Crippen LogP contribution in [0.2, 0.25) is 0 Å². The number of rotatable bonds is 4. The Hall–Kier alpha value is -1.65. The van der Waals surface area contributed by atoms with Crippen LogP contribution in [-0.4, -0.2) is 27.1 Å². The minimum atomic E-state index is -0.892. The number of carboxylic acids is 1. The van der Waals surface area contributed by atoms with Gasteiger partial charge >= 0.3 is 5.97 Å². The number of aromatic nitrogens is 2. The van der Waals surface area contributed by atoms with Gasteiger partial charge in [-0.2, -0.15) is 0 Å². The van der Waals surface area contributed by atoms with Crippen molar-refractivity contribution in [3.05, 3.63) is 18.0 Å². The van der Waals surface area contributed by atoms with Crippen LogP contribution in [0.4, 0.5) is 5.95 Å². The van der Waals surface area contributed by atoms with Gasteiger partial charge in [0.2, 0.25) is 5.95 Å². The summed E-state index contributed by atoms with van der Waals surface area (Å²) in [5, 5.41) is 11.5. The molecule has 0 spiro atoms. The summed E-state index contributed by atoms with van der Waals surface area (Å²) in [5.74, 6) is -0.540. The molecule has 0 aliphatic carbocycles. The van der Waals surface area contributed by atoms with Gasteiger partial charge in [0.1, 0.15) is 6.04 Å². The summed E-state index contributed by atoms with van der Waals surface area (Å²) in [7, 11) is 0. The summed E-state index contributed by atoms with van der Waals surface area (Å²) >= 11 is 0. The van der Waals surface area contributed by atoms with Crippen LogP contribution in [0, 0.1) is 6.92 Å². The van der Waals surface area contributed by atoms with E-state index in [4.69, 9.17) is 5.11 Å². The number of aryl methyl sites for hydroxylation is 1. The van der Waals surface area contributed by atoms with Crippen molar-refractivity contribution in [2.45, 2.75) is 26.3 Å². The number of anilines is 1. The van der Waals surface area contributed by atoms with E-state index >= 15 is 0 Å². The Kier molecular flexibility index (Phi) is 3.39. The van der Waals surface area contributed by atoms with Gasteiger partial charge in [0, 0.05) is 12.4 Å². The summed E-state index contributed by atoms with van der Waals surface area (Å²) in [6.45, 7) is 3.66. The molecule has 0 aliphatic rings.